The van der Waals surface area contributed by atoms with E-state index in [-0.39, 0.29) is 29.6 Å². The highest BCUT2D eigenvalue weighted by Crippen LogP contribution is 2.21. The van der Waals surface area contributed by atoms with Crippen molar-refractivity contribution in [3.63, 3.8) is 0 Å². The lowest BCUT2D eigenvalue weighted by molar-refractivity contribution is -0.129. The number of piperazine rings is 1. The molecule has 0 atom stereocenters. The SMILES string of the molecule is O=C(CSc1nnnn1-c1ccc(Cl)cc1)N1CCN(S(=O)(=O)c2ccccc2)CC1. The summed E-state index contributed by atoms with van der Waals surface area (Å²) in [5, 5.41) is 12.7. The maximum atomic E-state index is 12.7. The normalized spacial score (nSPS) is 15.2. The van der Waals surface area contributed by atoms with E-state index in [4.69, 9.17) is 11.6 Å². The topological polar surface area (TPSA) is 101 Å². The fourth-order valence-electron chi connectivity index (χ4n) is 3.15. The first-order chi connectivity index (χ1) is 14.9. The summed E-state index contributed by atoms with van der Waals surface area (Å²) in [4.78, 5) is 14.6. The smallest absolute Gasteiger partial charge is 0.243 e. The van der Waals surface area contributed by atoms with Gasteiger partial charge in [-0.1, -0.05) is 41.6 Å². The number of carbonyl (C=O) groups is 1. The Bertz CT molecular complexity index is 1150. The lowest BCUT2D eigenvalue weighted by Gasteiger charge is -2.34. The van der Waals surface area contributed by atoms with Gasteiger partial charge in [-0.2, -0.15) is 8.99 Å². The van der Waals surface area contributed by atoms with Crippen LogP contribution in [0.4, 0.5) is 0 Å². The first-order valence-electron chi connectivity index (χ1n) is 9.45. The van der Waals surface area contributed by atoms with E-state index in [0.29, 0.717) is 23.3 Å². The number of sulfonamides is 1. The van der Waals surface area contributed by atoms with Crippen LogP contribution in [0.2, 0.25) is 5.02 Å². The number of tetrazole rings is 1. The van der Waals surface area contributed by atoms with Crippen LogP contribution >= 0.6 is 23.4 Å². The van der Waals surface area contributed by atoms with Gasteiger partial charge in [0.2, 0.25) is 21.1 Å². The molecule has 1 fully saturated rings. The molecule has 12 heteroatoms. The van der Waals surface area contributed by atoms with Crippen LogP contribution in [0.25, 0.3) is 5.69 Å². The molecule has 0 N–H and O–H groups in total. The van der Waals surface area contributed by atoms with Gasteiger partial charge in [-0.05, 0) is 46.8 Å². The third-order valence-corrected chi connectivity index (χ3v) is 7.88. The Hall–Kier alpha value is -2.47. The Morgan fingerprint density at radius 3 is 2.35 bits per heavy atom. The molecule has 1 aliphatic heterocycles. The van der Waals surface area contributed by atoms with Crippen LogP contribution in [0.3, 0.4) is 0 Å². The molecule has 0 radical (unpaired) electrons. The van der Waals surface area contributed by atoms with E-state index in [1.54, 1.807) is 64.2 Å². The Morgan fingerprint density at radius 1 is 1.00 bits per heavy atom. The average molecular weight is 479 g/mol. The first kappa shape index (κ1) is 21.8. The van der Waals surface area contributed by atoms with Crippen LogP contribution < -0.4 is 0 Å². The second kappa shape index (κ2) is 9.35. The third kappa shape index (κ3) is 4.90. The van der Waals surface area contributed by atoms with E-state index >= 15 is 0 Å². The van der Waals surface area contributed by atoms with Gasteiger partial charge in [0.05, 0.1) is 16.3 Å². The minimum Gasteiger partial charge on any atom is -0.339 e. The van der Waals surface area contributed by atoms with Crippen LogP contribution in [-0.2, 0) is 14.8 Å². The van der Waals surface area contributed by atoms with Crippen molar-refractivity contribution < 1.29 is 13.2 Å². The molecule has 1 amide bonds. The standard InChI is InChI=1S/C19H19ClN6O3S2/c20-15-6-8-16(9-7-15)26-19(21-22-23-26)30-14-18(27)24-10-12-25(13-11-24)31(28,29)17-4-2-1-3-5-17/h1-9H,10-14H2. The van der Waals surface area contributed by atoms with Crippen molar-refractivity contribution in [2.75, 3.05) is 31.9 Å². The number of carbonyl (C=O) groups excluding carboxylic acids is 1. The minimum atomic E-state index is -3.55. The van der Waals surface area contributed by atoms with Crippen molar-refractivity contribution in [1.29, 1.82) is 0 Å². The second-order valence-corrected chi connectivity index (χ2v) is 10.1. The molecule has 9 nitrogen and oxygen atoms in total. The number of nitrogens with zero attached hydrogens (tertiary/aromatic N) is 6. The monoisotopic (exact) mass is 478 g/mol. The molecule has 2 aromatic carbocycles. The highest BCUT2D eigenvalue weighted by Gasteiger charge is 2.30. The third-order valence-electron chi connectivity index (χ3n) is 4.81. The summed E-state index contributed by atoms with van der Waals surface area (Å²) in [6, 6.07) is 15.4. The van der Waals surface area contributed by atoms with Gasteiger partial charge in [-0.25, -0.2) is 8.42 Å². The predicted octanol–water partition coefficient (Wildman–Crippen LogP) is 1.94. The minimum absolute atomic E-state index is 0.0904. The molecule has 0 bridgehead atoms. The fourth-order valence-corrected chi connectivity index (χ4v) is 5.51. The summed E-state index contributed by atoms with van der Waals surface area (Å²) in [5.41, 5.74) is 0.740. The number of hydrogen-bond acceptors (Lipinski definition) is 7. The Kier molecular flexibility index (Phi) is 6.56. The van der Waals surface area contributed by atoms with Crippen molar-refractivity contribution >= 4 is 39.3 Å². The van der Waals surface area contributed by atoms with Crippen molar-refractivity contribution in [3.05, 3.63) is 59.6 Å². The molecule has 2 heterocycles. The second-order valence-electron chi connectivity index (χ2n) is 6.74. The number of benzene rings is 2. The van der Waals surface area contributed by atoms with E-state index in [1.807, 2.05) is 0 Å². The number of rotatable bonds is 6. The molecule has 4 rings (SSSR count). The summed E-state index contributed by atoms with van der Waals surface area (Å²) in [6.45, 7) is 1.20. The van der Waals surface area contributed by atoms with E-state index in [1.165, 1.54) is 16.1 Å². The van der Waals surface area contributed by atoms with Gasteiger partial charge < -0.3 is 4.90 Å². The summed E-state index contributed by atoms with van der Waals surface area (Å²) in [6.07, 6.45) is 0. The Balaban J connectivity index is 1.33. The Labute approximate surface area is 189 Å². The molecule has 1 aliphatic rings. The van der Waals surface area contributed by atoms with Gasteiger partial charge in [-0.3, -0.25) is 4.79 Å². The summed E-state index contributed by atoms with van der Waals surface area (Å²) in [5.74, 6) is 0.0618. The molecule has 0 saturated carbocycles. The Morgan fingerprint density at radius 2 is 1.68 bits per heavy atom. The number of amides is 1. The van der Waals surface area contributed by atoms with E-state index in [2.05, 4.69) is 15.5 Å². The van der Waals surface area contributed by atoms with Crippen molar-refractivity contribution in [3.8, 4) is 5.69 Å². The lowest BCUT2D eigenvalue weighted by atomic mass is 10.3. The van der Waals surface area contributed by atoms with Crippen LogP contribution in [0.1, 0.15) is 0 Å². The van der Waals surface area contributed by atoms with Crippen LogP contribution in [-0.4, -0.2) is 75.7 Å². The molecule has 162 valence electrons. The van der Waals surface area contributed by atoms with E-state index in [0.717, 1.165) is 5.69 Å². The molecule has 3 aromatic rings. The molecule has 0 unspecified atom stereocenters. The molecular weight excluding hydrogens is 460 g/mol. The molecular formula is C19H19ClN6O3S2. The van der Waals surface area contributed by atoms with Gasteiger partial charge >= 0.3 is 0 Å². The number of halogens is 1. The molecule has 0 aliphatic carbocycles. The molecule has 31 heavy (non-hydrogen) atoms. The van der Waals surface area contributed by atoms with Crippen molar-refractivity contribution in [1.82, 2.24) is 29.4 Å². The number of hydrogen-bond donors (Lipinski definition) is 0. The van der Waals surface area contributed by atoms with Crippen molar-refractivity contribution in [2.24, 2.45) is 0 Å². The summed E-state index contributed by atoms with van der Waals surface area (Å²) >= 11 is 7.15. The number of aromatic nitrogens is 4. The predicted molar refractivity (Wildman–Crippen MR) is 117 cm³/mol. The van der Waals surface area contributed by atoms with Gasteiger partial charge in [0, 0.05) is 31.2 Å². The van der Waals surface area contributed by atoms with Gasteiger partial charge in [-0.15, -0.1) is 5.10 Å². The van der Waals surface area contributed by atoms with Crippen LogP contribution in [0.15, 0.2) is 64.6 Å². The molecule has 1 aromatic heterocycles. The summed E-state index contributed by atoms with van der Waals surface area (Å²) < 4.78 is 28.4. The average Bonchev–Trinajstić information content (AvgIpc) is 3.27. The number of thioether (sulfide) groups is 1. The van der Waals surface area contributed by atoms with Gasteiger partial charge in [0.25, 0.3) is 0 Å². The van der Waals surface area contributed by atoms with E-state index < -0.39 is 10.0 Å². The quantitative estimate of drug-likeness (QED) is 0.499. The zero-order chi connectivity index (χ0) is 21.8. The first-order valence-corrected chi connectivity index (χ1v) is 12.3. The molecule has 0 spiro atoms. The van der Waals surface area contributed by atoms with Crippen molar-refractivity contribution in [2.45, 2.75) is 10.1 Å². The maximum absolute atomic E-state index is 12.7. The highest BCUT2D eigenvalue weighted by atomic mass is 35.5. The van der Waals surface area contributed by atoms with Crippen LogP contribution in [0.5, 0.6) is 0 Å². The maximum Gasteiger partial charge on any atom is 0.243 e. The zero-order valence-corrected chi connectivity index (χ0v) is 18.7. The highest BCUT2D eigenvalue weighted by molar-refractivity contribution is 7.99. The molecule has 1 saturated heterocycles. The van der Waals surface area contributed by atoms with Crippen LogP contribution in [0, 0.1) is 0 Å². The van der Waals surface area contributed by atoms with E-state index in [9.17, 15) is 13.2 Å². The van der Waals surface area contributed by atoms with Gasteiger partial charge in [0.15, 0.2) is 0 Å². The zero-order valence-electron chi connectivity index (χ0n) is 16.3. The van der Waals surface area contributed by atoms with Gasteiger partial charge in [0.1, 0.15) is 0 Å². The fraction of sp³-hybridized carbons (Fsp3) is 0.263. The lowest BCUT2D eigenvalue weighted by Crippen LogP contribution is -2.50. The summed E-state index contributed by atoms with van der Waals surface area (Å²) in [7, 11) is -3.55. The largest absolute Gasteiger partial charge is 0.339 e.